The van der Waals surface area contributed by atoms with Crippen LogP contribution in [-0.2, 0) is 13.0 Å². The Morgan fingerprint density at radius 1 is 1.30 bits per heavy atom. The molecule has 4 rings (SSSR count). The predicted octanol–water partition coefficient (Wildman–Crippen LogP) is 2.47. The van der Waals surface area contributed by atoms with Gasteiger partial charge in [-0.15, -0.1) is 0 Å². The van der Waals surface area contributed by atoms with Gasteiger partial charge in [0.05, 0.1) is 18.6 Å². The fourth-order valence-corrected chi connectivity index (χ4v) is 3.09. The molecule has 6 heteroatoms. The summed E-state index contributed by atoms with van der Waals surface area (Å²) in [5, 5.41) is 3.13. The van der Waals surface area contributed by atoms with E-state index >= 15 is 0 Å². The van der Waals surface area contributed by atoms with E-state index in [0.717, 1.165) is 42.1 Å². The zero-order chi connectivity index (χ0) is 15.6. The van der Waals surface area contributed by atoms with Gasteiger partial charge in [0.2, 0.25) is 0 Å². The summed E-state index contributed by atoms with van der Waals surface area (Å²) in [7, 11) is 1.88. The van der Waals surface area contributed by atoms with Gasteiger partial charge in [-0.2, -0.15) is 0 Å². The van der Waals surface area contributed by atoms with Crippen LogP contribution in [0.4, 0.5) is 11.5 Å². The van der Waals surface area contributed by atoms with Crippen molar-refractivity contribution in [2.45, 2.75) is 13.0 Å². The van der Waals surface area contributed by atoms with E-state index in [0.29, 0.717) is 0 Å². The first-order valence-corrected chi connectivity index (χ1v) is 7.69. The van der Waals surface area contributed by atoms with Crippen LogP contribution in [-0.4, -0.2) is 33.5 Å². The Bertz CT molecular complexity index is 812. The number of benzene rings is 1. The van der Waals surface area contributed by atoms with Crippen LogP contribution < -0.4 is 10.2 Å². The van der Waals surface area contributed by atoms with Gasteiger partial charge in [0.15, 0.2) is 0 Å². The summed E-state index contributed by atoms with van der Waals surface area (Å²) < 4.78 is 0. The van der Waals surface area contributed by atoms with Gasteiger partial charge in [-0.3, -0.25) is 0 Å². The second-order valence-corrected chi connectivity index (χ2v) is 5.61. The smallest absolute Gasteiger partial charge is 0.137 e. The second kappa shape index (κ2) is 5.72. The number of imidazole rings is 1. The molecule has 0 aliphatic carbocycles. The Kier molecular flexibility index (Phi) is 3.42. The van der Waals surface area contributed by atoms with Crippen LogP contribution in [0.3, 0.4) is 0 Å². The van der Waals surface area contributed by atoms with Gasteiger partial charge in [0.25, 0.3) is 0 Å². The van der Waals surface area contributed by atoms with Gasteiger partial charge in [-0.25, -0.2) is 15.0 Å². The van der Waals surface area contributed by atoms with E-state index in [1.54, 1.807) is 12.7 Å². The molecule has 0 spiro atoms. The number of aromatic nitrogens is 4. The fraction of sp³-hybridized carbons (Fsp3) is 0.235. The highest BCUT2D eigenvalue weighted by atomic mass is 15.2. The van der Waals surface area contributed by atoms with E-state index in [4.69, 9.17) is 0 Å². The number of anilines is 2. The van der Waals surface area contributed by atoms with Gasteiger partial charge in [0.1, 0.15) is 12.1 Å². The molecule has 23 heavy (non-hydrogen) atoms. The van der Waals surface area contributed by atoms with Crippen molar-refractivity contribution in [2.75, 3.05) is 23.8 Å². The molecule has 1 aliphatic heterocycles. The van der Waals surface area contributed by atoms with Crippen molar-refractivity contribution in [1.82, 2.24) is 19.9 Å². The van der Waals surface area contributed by atoms with E-state index in [9.17, 15) is 0 Å². The summed E-state index contributed by atoms with van der Waals surface area (Å²) in [6, 6.07) is 6.59. The van der Waals surface area contributed by atoms with Crippen molar-refractivity contribution in [3.63, 3.8) is 0 Å². The molecule has 0 fully saturated rings. The molecule has 0 bridgehead atoms. The van der Waals surface area contributed by atoms with Crippen molar-refractivity contribution >= 4 is 11.5 Å². The first kappa shape index (κ1) is 13.8. The molecule has 116 valence electrons. The topological polar surface area (TPSA) is 69.7 Å². The highest BCUT2D eigenvalue weighted by Crippen LogP contribution is 2.35. The molecule has 0 saturated carbocycles. The average molecular weight is 306 g/mol. The number of aromatic amines is 1. The predicted molar refractivity (Wildman–Crippen MR) is 90.4 cm³/mol. The van der Waals surface area contributed by atoms with Gasteiger partial charge < -0.3 is 15.2 Å². The Balaban J connectivity index is 1.70. The van der Waals surface area contributed by atoms with Crippen LogP contribution in [0.1, 0.15) is 11.3 Å². The molecule has 3 heterocycles. The Labute approximate surface area is 134 Å². The van der Waals surface area contributed by atoms with E-state index in [-0.39, 0.29) is 0 Å². The lowest BCUT2D eigenvalue weighted by Crippen LogP contribution is -2.19. The van der Waals surface area contributed by atoms with Gasteiger partial charge in [0, 0.05) is 37.2 Å². The molecule has 1 aromatic carbocycles. The minimum absolute atomic E-state index is 0.824. The number of rotatable bonds is 4. The van der Waals surface area contributed by atoms with Crippen molar-refractivity contribution in [3.8, 4) is 11.1 Å². The summed E-state index contributed by atoms with van der Waals surface area (Å²) in [6.07, 6.45) is 8.17. The molecule has 6 nitrogen and oxygen atoms in total. The summed E-state index contributed by atoms with van der Waals surface area (Å²) >= 11 is 0. The average Bonchev–Trinajstić information content (AvgIpc) is 3.25. The third kappa shape index (κ3) is 2.52. The van der Waals surface area contributed by atoms with Crippen molar-refractivity contribution < 1.29 is 0 Å². The maximum Gasteiger partial charge on any atom is 0.137 e. The SMILES string of the molecule is CNc1ncncc1-c1ccc2c(c1)N(Cc1c[nH]cn1)CC2. The van der Waals surface area contributed by atoms with E-state index in [1.807, 2.05) is 19.4 Å². The fourth-order valence-electron chi connectivity index (χ4n) is 3.09. The standard InChI is InChI=1S/C17H18N6/c1-18-17-15(8-20-11-22-17)13-3-2-12-4-5-23(16(12)6-13)9-14-7-19-10-21-14/h2-3,6-8,10-11H,4-5,9H2,1H3,(H,19,21)(H,18,20,22). The third-order valence-corrected chi connectivity index (χ3v) is 4.24. The monoisotopic (exact) mass is 306 g/mol. The highest BCUT2D eigenvalue weighted by molar-refractivity contribution is 5.78. The van der Waals surface area contributed by atoms with Crippen LogP contribution in [0.5, 0.6) is 0 Å². The van der Waals surface area contributed by atoms with Crippen LogP contribution in [0.15, 0.2) is 43.2 Å². The Morgan fingerprint density at radius 3 is 3.09 bits per heavy atom. The summed E-state index contributed by atoms with van der Waals surface area (Å²) in [5.41, 5.74) is 5.86. The summed E-state index contributed by atoms with van der Waals surface area (Å²) in [5.74, 6) is 0.844. The first-order chi connectivity index (χ1) is 11.3. The van der Waals surface area contributed by atoms with E-state index in [2.05, 4.69) is 48.4 Å². The largest absolute Gasteiger partial charge is 0.373 e. The highest BCUT2D eigenvalue weighted by Gasteiger charge is 2.21. The van der Waals surface area contributed by atoms with E-state index in [1.165, 1.54) is 11.3 Å². The van der Waals surface area contributed by atoms with Gasteiger partial charge in [-0.05, 0) is 23.6 Å². The van der Waals surface area contributed by atoms with Crippen LogP contribution in [0.2, 0.25) is 0 Å². The molecule has 1 aliphatic rings. The quantitative estimate of drug-likeness (QED) is 0.775. The number of hydrogen-bond donors (Lipinski definition) is 2. The van der Waals surface area contributed by atoms with E-state index < -0.39 is 0 Å². The zero-order valence-corrected chi connectivity index (χ0v) is 13.0. The van der Waals surface area contributed by atoms with Crippen molar-refractivity contribution in [3.05, 3.63) is 54.5 Å². The van der Waals surface area contributed by atoms with Crippen molar-refractivity contribution in [1.29, 1.82) is 0 Å². The molecule has 0 amide bonds. The Morgan fingerprint density at radius 2 is 2.26 bits per heavy atom. The second-order valence-electron chi connectivity index (χ2n) is 5.61. The minimum Gasteiger partial charge on any atom is -0.373 e. The lowest BCUT2D eigenvalue weighted by molar-refractivity contribution is 0.819. The Hall–Kier alpha value is -2.89. The first-order valence-electron chi connectivity index (χ1n) is 7.69. The normalized spacial score (nSPS) is 13.2. The maximum absolute atomic E-state index is 4.33. The summed E-state index contributed by atoms with van der Waals surface area (Å²) in [6.45, 7) is 1.85. The lowest BCUT2D eigenvalue weighted by atomic mass is 10.0. The van der Waals surface area contributed by atoms with Gasteiger partial charge >= 0.3 is 0 Å². The third-order valence-electron chi connectivity index (χ3n) is 4.24. The molecule has 2 aromatic heterocycles. The van der Waals surface area contributed by atoms with Crippen molar-refractivity contribution in [2.24, 2.45) is 0 Å². The maximum atomic E-state index is 4.33. The molecule has 2 N–H and O–H groups in total. The molecule has 0 unspecified atom stereocenters. The number of hydrogen-bond acceptors (Lipinski definition) is 5. The molecule has 3 aromatic rings. The minimum atomic E-state index is 0.824. The molecule has 0 atom stereocenters. The zero-order valence-electron chi connectivity index (χ0n) is 13.0. The number of H-pyrrole nitrogens is 1. The van der Waals surface area contributed by atoms with Gasteiger partial charge in [-0.1, -0.05) is 12.1 Å². The van der Waals surface area contributed by atoms with Crippen LogP contribution >= 0.6 is 0 Å². The molecular weight excluding hydrogens is 288 g/mol. The van der Waals surface area contributed by atoms with Crippen LogP contribution in [0, 0.1) is 0 Å². The lowest BCUT2D eigenvalue weighted by Gasteiger charge is -2.19. The van der Waals surface area contributed by atoms with Crippen LogP contribution in [0.25, 0.3) is 11.1 Å². The molecule has 0 radical (unpaired) electrons. The molecule has 0 saturated heterocycles. The number of nitrogens with zero attached hydrogens (tertiary/aromatic N) is 4. The number of nitrogens with one attached hydrogen (secondary N) is 2. The molecular formula is C17H18N6. The summed E-state index contributed by atoms with van der Waals surface area (Å²) in [4.78, 5) is 18.2. The number of fused-ring (bicyclic) bond motifs is 1.